The molecule has 0 aliphatic carbocycles. The van der Waals surface area contributed by atoms with Crippen LogP contribution in [-0.2, 0) is 0 Å². The number of halogens is 1. The van der Waals surface area contributed by atoms with E-state index in [-0.39, 0.29) is 5.91 Å². The van der Waals surface area contributed by atoms with E-state index in [9.17, 15) is 4.79 Å². The molecule has 1 N–H and O–H groups in total. The highest BCUT2D eigenvalue weighted by atomic mass is 35.5. The fourth-order valence-corrected chi connectivity index (χ4v) is 2.92. The van der Waals surface area contributed by atoms with Crippen LogP contribution in [0.15, 0.2) is 42.5 Å². The lowest BCUT2D eigenvalue weighted by Crippen LogP contribution is -2.12. The van der Waals surface area contributed by atoms with Crippen molar-refractivity contribution in [3.63, 3.8) is 0 Å². The predicted octanol–water partition coefficient (Wildman–Crippen LogP) is 4.43. The number of nitrogens with zero attached hydrogens (tertiary/aromatic N) is 2. The molecule has 24 heavy (non-hydrogen) atoms. The zero-order valence-corrected chi connectivity index (χ0v) is 14.6. The van der Waals surface area contributed by atoms with Gasteiger partial charge in [0.1, 0.15) is 5.75 Å². The summed E-state index contributed by atoms with van der Waals surface area (Å²) in [6.45, 7) is 1.85. The number of aromatic nitrogens is 2. The van der Waals surface area contributed by atoms with Crippen LogP contribution in [-0.4, -0.2) is 22.4 Å². The lowest BCUT2D eigenvalue weighted by Gasteiger charge is -2.05. The van der Waals surface area contributed by atoms with Gasteiger partial charge in [-0.25, -0.2) is 0 Å². The van der Waals surface area contributed by atoms with Crippen molar-refractivity contribution in [1.29, 1.82) is 0 Å². The largest absolute Gasteiger partial charge is 0.497 e. The maximum atomic E-state index is 12.3. The van der Waals surface area contributed by atoms with Crippen molar-refractivity contribution < 1.29 is 9.53 Å². The Balaban J connectivity index is 1.78. The van der Waals surface area contributed by atoms with Crippen LogP contribution in [0.5, 0.6) is 5.75 Å². The van der Waals surface area contributed by atoms with Gasteiger partial charge in [-0.2, -0.15) is 9.36 Å². The Bertz CT molecular complexity index is 878. The summed E-state index contributed by atoms with van der Waals surface area (Å²) in [5.74, 6) is 1.01. The minimum Gasteiger partial charge on any atom is -0.497 e. The average Bonchev–Trinajstić information content (AvgIpc) is 3.05. The predicted molar refractivity (Wildman–Crippen MR) is 96.0 cm³/mol. The Kier molecular flexibility index (Phi) is 4.78. The fraction of sp³-hybridized carbons (Fsp3) is 0.118. The number of hydrogen-bond acceptors (Lipinski definition) is 5. The third-order valence-corrected chi connectivity index (χ3v) is 4.56. The molecular weight excluding hydrogens is 346 g/mol. The van der Waals surface area contributed by atoms with Crippen molar-refractivity contribution in [3.8, 4) is 17.1 Å². The summed E-state index contributed by atoms with van der Waals surface area (Å²) in [4.78, 5) is 16.7. The average molecular weight is 360 g/mol. The van der Waals surface area contributed by atoms with Crippen LogP contribution >= 0.6 is 23.1 Å². The van der Waals surface area contributed by atoms with Crippen LogP contribution in [0.2, 0.25) is 5.02 Å². The summed E-state index contributed by atoms with van der Waals surface area (Å²) >= 11 is 7.30. The lowest BCUT2D eigenvalue weighted by atomic mass is 10.1. The molecule has 0 atom stereocenters. The Labute approximate surface area is 148 Å². The molecule has 5 nitrogen and oxygen atoms in total. The first kappa shape index (κ1) is 16.4. The quantitative estimate of drug-likeness (QED) is 0.748. The number of rotatable bonds is 4. The molecule has 3 aromatic rings. The van der Waals surface area contributed by atoms with Gasteiger partial charge in [0.25, 0.3) is 5.91 Å². The molecule has 0 radical (unpaired) electrons. The minimum atomic E-state index is -0.305. The fourth-order valence-electron chi connectivity index (χ4n) is 2.12. The summed E-state index contributed by atoms with van der Waals surface area (Å²) in [6.07, 6.45) is 0. The monoisotopic (exact) mass is 359 g/mol. The Morgan fingerprint density at radius 3 is 2.67 bits per heavy atom. The van der Waals surface area contributed by atoms with Gasteiger partial charge < -0.3 is 4.74 Å². The molecule has 1 aromatic heterocycles. The molecule has 0 saturated carbocycles. The molecule has 122 valence electrons. The smallest absolute Gasteiger partial charge is 0.259 e. The van der Waals surface area contributed by atoms with Gasteiger partial charge in [-0.15, -0.1) is 0 Å². The summed E-state index contributed by atoms with van der Waals surface area (Å²) in [5, 5.41) is 3.60. The van der Waals surface area contributed by atoms with Gasteiger partial charge >= 0.3 is 0 Å². The van der Waals surface area contributed by atoms with Crippen molar-refractivity contribution >= 4 is 34.2 Å². The van der Waals surface area contributed by atoms with Gasteiger partial charge in [-0.1, -0.05) is 23.7 Å². The van der Waals surface area contributed by atoms with Gasteiger partial charge in [0, 0.05) is 17.1 Å². The van der Waals surface area contributed by atoms with Crippen molar-refractivity contribution in [3.05, 3.63) is 58.6 Å². The first-order valence-corrected chi connectivity index (χ1v) is 8.28. The van der Waals surface area contributed by atoms with E-state index in [4.69, 9.17) is 16.3 Å². The number of amides is 1. The van der Waals surface area contributed by atoms with Gasteiger partial charge in [0.2, 0.25) is 5.13 Å². The number of ether oxygens (including phenoxy) is 1. The third-order valence-electron chi connectivity index (χ3n) is 3.43. The Morgan fingerprint density at radius 1 is 1.21 bits per heavy atom. The van der Waals surface area contributed by atoms with Gasteiger partial charge in [-0.05, 0) is 42.8 Å². The number of hydrogen-bond donors (Lipinski definition) is 1. The number of methoxy groups -OCH3 is 1. The number of anilines is 1. The minimum absolute atomic E-state index is 0.305. The number of aryl methyl sites for hydroxylation is 1. The lowest BCUT2D eigenvalue weighted by molar-refractivity contribution is 0.102. The van der Waals surface area contributed by atoms with Crippen molar-refractivity contribution in [2.24, 2.45) is 0 Å². The summed E-state index contributed by atoms with van der Waals surface area (Å²) in [6, 6.07) is 12.7. The SMILES string of the molecule is COc1ccc(-c2nsc(NC(=O)c3cccc(C)c3Cl)n2)cc1. The zero-order chi connectivity index (χ0) is 17.1. The van der Waals surface area contributed by atoms with Crippen molar-refractivity contribution in [2.45, 2.75) is 6.92 Å². The molecule has 0 aliphatic rings. The van der Waals surface area contributed by atoms with E-state index >= 15 is 0 Å². The standard InChI is InChI=1S/C17H14ClN3O2S/c1-10-4-3-5-13(14(10)18)16(22)20-17-19-15(21-24-17)11-6-8-12(23-2)9-7-11/h3-9H,1-2H3,(H,19,20,21,22). The topological polar surface area (TPSA) is 64.1 Å². The molecule has 0 unspecified atom stereocenters. The van der Waals surface area contributed by atoms with Gasteiger partial charge in [0.05, 0.1) is 17.7 Å². The Hall–Kier alpha value is -2.44. The molecule has 0 saturated heterocycles. The molecule has 0 aliphatic heterocycles. The van der Waals surface area contributed by atoms with E-state index in [1.807, 2.05) is 37.3 Å². The van der Waals surface area contributed by atoms with Crippen LogP contribution in [0.4, 0.5) is 5.13 Å². The van der Waals surface area contributed by atoms with E-state index in [1.165, 1.54) is 0 Å². The second-order valence-electron chi connectivity index (χ2n) is 5.04. The van der Waals surface area contributed by atoms with Gasteiger partial charge in [-0.3, -0.25) is 10.1 Å². The first-order valence-electron chi connectivity index (χ1n) is 7.13. The maximum absolute atomic E-state index is 12.3. The summed E-state index contributed by atoms with van der Waals surface area (Å²) in [7, 11) is 1.61. The van der Waals surface area contributed by atoms with Crippen LogP contribution in [0.25, 0.3) is 11.4 Å². The molecule has 7 heteroatoms. The highest BCUT2D eigenvalue weighted by Crippen LogP contribution is 2.25. The van der Waals surface area contributed by atoms with E-state index in [1.54, 1.807) is 19.2 Å². The number of nitrogens with one attached hydrogen (secondary N) is 1. The van der Waals surface area contributed by atoms with Crippen LogP contribution in [0.1, 0.15) is 15.9 Å². The highest BCUT2D eigenvalue weighted by Gasteiger charge is 2.14. The second-order valence-corrected chi connectivity index (χ2v) is 6.17. The maximum Gasteiger partial charge on any atom is 0.259 e. The summed E-state index contributed by atoms with van der Waals surface area (Å²) < 4.78 is 9.40. The number of carbonyl (C=O) groups is 1. The van der Waals surface area contributed by atoms with Crippen molar-refractivity contribution in [2.75, 3.05) is 12.4 Å². The zero-order valence-electron chi connectivity index (χ0n) is 13.0. The highest BCUT2D eigenvalue weighted by molar-refractivity contribution is 7.10. The molecule has 1 amide bonds. The van der Waals surface area contributed by atoms with Crippen LogP contribution < -0.4 is 10.1 Å². The molecule has 1 heterocycles. The van der Waals surface area contributed by atoms with Crippen LogP contribution in [0, 0.1) is 6.92 Å². The normalized spacial score (nSPS) is 10.5. The number of carbonyl (C=O) groups excluding carboxylic acids is 1. The van der Waals surface area contributed by atoms with E-state index < -0.39 is 0 Å². The molecular formula is C17H14ClN3O2S. The summed E-state index contributed by atoms with van der Waals surface area (Å²) in [5.41, 5.74) is 2.11. The Morgan fingerprint density at radius 2 is 1.96 bits per heavy atom. The third kappa shape index (κ3) is 3.39. The molecule has 0 fully saturated rings. The van der Waals surface area contributed by atoms with Crippen LogP contribution in [0.3, 0.4) is 0 Å². The molecule has 2 aromatic carbocycles. The first-order chi connectivity index (χ1) is 11.6. The van der Waals surface area contributed by atoms with E-state index in [0.717, 1.165) is 28.4 Å². The second kappa shape index (κ2) is 6.98. The molecule has 0 spiro atoms. The number of benzene rings is 2. The van der Waals surface area contributed by atoms with Gasteiger partial charge in [0.15, 0.2) is 5.82 Å². The molecule has 0 bridgehead atoms. The van der Waals surface area contributed by atoms with Crippen molar-refractivity contribution in [1.82, 2.24) is 9.36 Å². The van der Waals surface area contributed by atoms with E-state index in [0.29, 0.717) is 21.5 Å². The van der Waals surface area contributed by atoms with E-state index in [2.05, 4.69) is 14.7 Å². The molecule has 3 rings (SSSR count).